The number of unbranched alkanes of at least 4 members (excludes halogenated alkanes) is 1. The van der Waals surface area contributed by atoms with Crippen LogP contribution < -0.4 is 9.62 Å². The quantitative estimate of drug-likeness (QED) is 0.732. The van der Waals surface area contributed by atoms with E-state index in [1.807, 2.05) is 31.2 Å². The van der Waals surface area contributed by atoms with E-state index in [1.165, 1.54) is 5.56 Å². The lowest BCUT2D eigenvalue weighted by atomic mass is 10.1. The van der Waals surface area contributed by atoms with Crippen LogP contribution in [0.15, 0.2) is 48.7 Å². The van der Waals surface area contributed by atoms with Crippen molar-refractivity contribution in [3.8, 4) is 0 Å². The number of sulfonamides is 1. The number of benzene rings is 1. The highest BCUT2D eigenvalue weighted by Gasteiger charge is 2.14. The highest BCUT2D eigenvalue weighted by molar-refractivity contribution is 7.92. The van der Waals surface area contributed by atoms with E-state index in [0.29, 0.717) is 18.3 Å². The molecule has 0 aliphatic rings. The van der Waals surface area contributed by atoms with Crippen LogP contribution in [0.5, 0.6) is 0 Å². The minimum atomic E-state index is -3.32. The monoisotopic (exact) mass is 361 g/mol. The van der Waals surface area contributed by atoms with Crippen LogP contribution in [-0.2, 0) is 16.6 Å². The van der Waals surface area contributed by atoms with Gasteiger partial charge in [-0.25, -0.2) is 13.4 Å². The van der Waals surface area contributed by atoms with Crippen LogP contribution in [0.25, 0.3) is 0 Å². The Bertz CT molecular complexity index is 744. The summed E-state index contributed by atoms with van der Waals surface area (Å²) in [5.41, 5.74) is 2.19. The van der Waals surface area contributed by atoms with E-state index in [4.69, 9.17) is 0 Å². The second kappa shape index (κ2) is 8.85. The molecule has 1 heterocycles. The summed E-state index contributed by atoms with van der Waals surface area (Å²) in [6.45, 7) is 7.01. The van der Waals surface area contributed by atoms with Gasteiger partial charge in [0.2, 0.25) is 10.0 Å². The fraction of sp³-hybridized carbons (Fsp3) is 0.421. The third-order valence-electron chi connectivity index (χ3n) is 3.93. The zero-order valence-electron chi connectivity index (χ0n) is 15.1. The molecule has 0 aliphatic heterocycles. The van der Waals surface area contributed by atoms with Gasteiger partial charge in [0.15, 0.2) is 0 Å². The van der Waals surface area contributed by atoms with Gasteiger partial charge >= 0.3 is 0 Å². The van der Waals surface area contributed by atoms with Crippen LogP contribution in [0, 0.1) is 0 Å². The molecule has 6 heteroatoms. The summed E-state index contributed by atoms with van der Waals surface area (Å²) in [5, 5.41) is 0. The van der Waals surface area contributed by atoms with Crippen molar-refractivity contribution < 1.29 is 8.42 Å². The molecule has 0 fully saturated rings. The average molecular weight is 362 g/mol. The summed E-state index contributed by atoms with van der Waals surface area (Å²) in [4.78, 5) is 6.52. The van der Waals surface area contributed by atoms with Gasteiger partial charge in [0, 0.05) is 12.6 Å². The predicted molar refractivity (Wildman–Crippen MR) is 104 cm³/mol. The molecule has 25 heavy (non-hydrogen) atoms. The normalized spacial score (nSPS) is 11.5. The van der Waals surface area contributed by atoms with Crippen molar-refractivity contribution in [2.45, 2.75) is 46.2 Å². The number of rotatable bonds is 9. The lowest BCUT2D eigenvalue weighted by Crippen LogP contribution is -2.30. The van der Waals surface area contributed by atoms with Gasteiger partial charge in [0.1, 0.15) is 5.82 Å². The lowest BCUT2D eigenvalue weighted by molar-refractivity contribution is 0.597. The standard InChI is InChI=1S/C19H27N3O2S/c1-4-5-13-25(23,24)21-19-12-11-18(14-20-19)22(16(2)3)15-17-9-7-6-8-10-17/h6-12,14,16H,4-5,13,15H2,1-3H3,(H,20,21). The van der Waals surface area contributed by atoms with Gasteiger partial charge in [-0.05, 0) is 38.0 Å². The summed E-state index contributed by atoms with van der Waals surface area (Å²) in [7, 11) is -3.32. The molecule has 136 valence electrons. The molecular formula is C19H27N3O2S. The number of nitrogens with one attached hydrogen (secondary N) is 1. The van der Waals surface area contributed by atoms with E-state index < -0.39 is 10.0 Å². The van der Waals surface area contributed by atoms with E-state index in [9.17, 15) is 8.42 Å². The topological polar surface area (TPSA) is 62.3 Å². The maximum Gasteiger partial charge on any atom is 0.233 e. The van der Waals surface area contributed by atoms with E-state index in [0.717, 1.165) is 18.7 Å². The first-order valence-electron chi connectivity index (χ1n) is 8.68. The molecule has 0 atom stereocenters. The van der Waals surface area contributed by atoms with Gasteiger partial charge in [-0.2, -0.15) is 0 Å². The van der Waals surface area contributed by atoms with Gasteiger partial charge < -0.3 is 4.90 Å². The number of pyridine rings is 1. The first-order chi connectivity index (χ1) is 11.9. The van der Waals surface area contributed by atoms with Gasteiger partial charge in [-0.15, -0.1) is 0 Å². The molecular weight excluding hydrogens is 334 g/mol. The Morgan fingerprint density at radius 1 is 1.12 bits per heavy atom. The maximum absolute atomic E-state index is 12.0. The minimum absolute atomic E-state index is 0.124. The SMILES string of the molecule is CCCCS(=O)(=O)Nc1ccc(N(Cc2ccccc2)C(C)C)cn1. The van der Waals surface area contributed by atoms with Crippen molar-refractivity contribution in [1.29, 1.82) is 0 Å². The van der Waals surface area contributed by atoms with E-state index in [2.05, 4.69) is 40.6 Å². The van der Waals surface area contributed by atoms with Crippen LogP contribution in [0.1, 0.15) is 39.2 Å². The Kier molecular flexibility index (Phi) is 6.82. The largest absolute Gasteiger partial charge is 0.364 e. The fourth-order valence-corrected chi connectivity index (χ4v) is 3.72. The Morgan fingerprint density at radius 2 is 1.84 bits per heavy atom. The molecule has 1 aromatic heterocycles. The van der Waals surface area contributed by atoms with Crippen molar-refractivity contribution in [3.05, 3.63) is 54.2 Å². The summed E-state index contributed by atoms with van der Waals surface area (Å²) >= 11 is 0. The zero-order chi connectivity index (χ0) is 18.3. The zero-order valence-corrected chi connectivity index (χ0v) is 16.0. The third kappa shape index (κ3) is 6.05. The Labute approximate surface area is 151 Å². The van der Waals surface area contributed by atoms with Gasteiger partial charge in [-0.1, -0.05) is 43.7 Å². The molecule has 0 saturated carbocycles. The first kappa shape index (κ1) is 19.2. The average Bonchev–Trinajstić information content (AvgIpc) is 2.59. The molecule has 0 radical (unpaired) electrons. The number of aromatic nitrogens is 1. The summed E-state index contributed by atoms with van der Waals surface area (Å²) in [5.74, 6) is 0.488. The van der Waals surface area contributed by atoms with Crippen molar-refractivity contribution in [3.63, 3.8) is 0 Å². The van der Waals surface area contributed by atoms with Gasteiger partial charge in [0.25, 0.3) is 0 Å². The van der Waals surface area contributed by atoms with Crippen LogP contribution in [-0.4, -0.2) is 25.2 Å². The molecule has 0 spiro atoms. The molecule has 0 aliphatic carbocycles. The molecule has 0 amide bonds. The first-order valence-corrected chi connectivity index (χ1v) is 10.3. The third-order valence-corrected chi connectivity index (χ3v) is 5.27. The van der Waals surface area contributed by atoms with Gasteiger partial charge in [0.05, 0.1) is 17.6 Å². The molecule has 0 unspecified atom stereocenters. The molecule has 0 bridgehead atoms. The molecule has 1 aromatic carbocycles. The number of anilines is 2. The van der Waals surface area contributed by atoms with Crippen LogP contribution >= 0.6 is 0 Å². The second-order valence-electron chi connectivity index (χ2n) is 6.38. The molecule has 0 saturated heterocycles. The number of hydrogen-bond donors (Lipinski definition) is 1. The highest BCUT2D eigenvalue weighted by atomic mass is 32.2. The van der Waals surface area contributed by atoms with Crippen molar-refractivity contribution in [2.75, 3.05) is 15.4 Å². The molecule has 5 nitrogen and oxygen atoms in total. The molecule has 2 aromatic rings. The minimum Gasteiger partial charge on any atom is -0.364 e. The van der Waals surface area contributed by atoms with Crippen LogP contribution in [0.4, 0.5) is 11.5 Å². The Hall–Kier alpha value is -2.08. The predicted octanol–water partition coefficient (Wildman–Crippen LogP) is 4.04. The van der Waals surface area contributed by atoms with E-state index >= 15 is 0 Å². The highest BCUT2D eigenvalue weighted by Crippen LogP contribution is 2.21. The van der Waals surface area contributed by atoms with Crippen molar-refractivity contribution >= 4 is 21.5 Å². The number of hydrogen-bond acceptors (Lipinski definition) is 4. The van der Waals surface area contributed by atoms with E-state index in [-0.39, 0.29) is 5.75 Å². The summed E-state index contributed by atoms with van der Waals surface area (Å²) < 4.78 is 26.5. The van der Waals surface area contributed by atoms with Crippen molar-refractivity contribution in [2.24, 2.45) is 0 Å². The van der Waals surface area contributed by atoms with Crippen molar-refractivity contribution in [1.82, 2.24) is 4.98 Å². The maximum atomic E-state index is 12.0. The smallest absolute Gasteiger partial charge is 0.233 e. The molecule has 1 N–H and O–H groups in total. The summed E-state index contributed by atoms with van der Waals surface area (Å²) in [6, 6.07) is 14.2. The van der Waals surface area contributed by atoms with Crippen LogP contribution in [0.3, 0.4) is 0 Å². The number of nitrogens with zero attached hydrogens (tertiary/aromatic N) is 2. The Morgan fingerprint density at radius 3 is 2.40 bits per heavy atom. The fourth-order valence-electron chi connectivity index (χ4n) is 2.51. The lowest BCUT2D eigenvalue weighted by Gasteiger charge is -2.29. The Balaban J connectivity index is 2.10. The summed E-state index contributed by atoms with van der Waals surface area (Å²) in [6.07, 6.45) is 3.21. The van der Waals surface area contributed by atoms with Gasteiger partial charge in [-0.3, -0.25) is 4.72 Å². The van der Waals surface area contributed by atoms with Crippen LogP contribution in [0.2, 0.25) is 0 Å². The second-order valence-corrected chi connectivity index (χ2v) is 8.23. The van der Waals surface area contributed by atoms with E-state index in [1.54, 1.807) is 12.3 Å². The molecule has 2 rings (SSSR count).